The fourth-order valence-corrected chi connectivity index (χ4v) is 4.82. The molecule has 6 nitrogen and oxygen atoms in total. The fourth-order valence-electron chi connectivity index (χ4n) is 4.82. The molecule has 0 amide bonds. The topological polar surface area (TPSA) is 71.1 Å². The molecule has 0 aliphatic heterocycles. The van der Waals surface area contributed by atoms with E-state index >= 15 is 0 Å². The van der Waals surface area contributed by atoms with Gasteiger partial charge in [-0.25, -0.2) is 9.59 Å². The first-order valence-corrected chi connectivity index (χ1v) is 15.5. The fraction of sp³-hybridized carbons (Fsp3) is 0.935. The summed E-state index contributed by atoms with van der Waals surface area (Å²) in [6, 6.07) is 0. The van der Waals surface area contributed by atoms with Crippen molar-refractivity contribution in [2.24, 2.45) is 11.8 Å². The van der Waals surface area contributed by atoms with Crippen LogP contribution in [-0.4, -0.2) is 37.7 Å². The quantitative estimate of drug-likeness (QED) is 0.109. The monoisotopic (exact) mass is 526 g/mol. The summed E-state index contributed by atoms with van der Waals surface area (Å²) in [6.45, 7) is 9.94. The van der Waals surface area contributed by atoms with Crippen LogP contribution in [0.5, 0.6) is 0 Å². The maximum absolute atomic E-state index is 12.0. The van der Waals surface area contributed by atoms with Crippen molar-refractivity contribution in [1.29, 1.82) is 0 Å². The Morgan fingerprint density at radius 3 is 1.14 bits per heavy atom. The third-order valence-corrected chi connectivity index (χ3v) is 7.19. The van der Waals surface area contributed by atoms with Crippen LogP contribution in [0.25, 0.3) is 0 Å². The third-order valence-electron chi connectivity index (χ3n) is 7.19. The van der Waals surface area contributed by atoms with Gasteiger partial charge in [-0.2, -0.15) is 0 Å². The minimum atomic E-state index is -0.574. The molecule has 0 unspecified atom stereocenters. The highest BCUT2D eigenvalue weighted by Gasteiger charge is 2.27. The molecule has 0 aromatic rings. The molecule has 0 bridgehead atoms. The number of carbonyl (C=O) groups excluding carboxylic acids is 2. The molecule has 37 heavy (non-hydrogen) atoms. The molecule has 0 saturated heterocycles. The second-order valence-corrected chi connectivity index (χ2v) is 11.8. The van der Waals surface area contributed by atoms with Crippen molar-refractivity contribution in [3.8, 4) is 0 Å². The van der Waals surface area contributed by atoms with Crippen LogP contribution in [0.3, 0.4) is 0 Å². The van der Waals surface area contributed by atoms with Crippen LogP contribution in [0.15, 0.2) is 0 Å². The molecule has 0 atom stereocenters. The average Bonchev–Trinajstić information content (AvgIpc) is 2.85. The molecule has 1 aliphatic rings. The van der Waals surface area contributed by atoms with Gasteiger partial charge >= 0.3 is 12.3 Å². The summed E-state index contributed by atoms with van der Waals surface area (Å²) in [4.78, 5) is 23.9. The van der Waals surface area contributed by atoms with E-state index in [4.69, 9.17) is 18.9 Å². The number of hydrogen-bond donors (Lipinski definition) is 0. The zero-order chi connectivity index (χ0) is 27.1. The molecule has 1 rings (SSSR count). The van der Waals surface area contributed by atoms with E-state index in [2.05, 4.69) is 27.7 Å². The van der Waals surface area contributed by atoms with E-state index in [-0.39, 0.29) is 12.2 Å². The van der Waals surface area contributed by atoms with Crippen molar-refractivity contribution in [2.45, 2.75) is 162 Å². The number of rotatable bonds is 21. The van der Waals surface area contributed by atoms with Gasteiger partial charge in [0.2, 0.25) is 0 Å². The van der Waals surface area contributed by atoms with Gasteiger partial charge in [-0.05, 0) is 50.4 Å². The van der Waals surface area contributed by atoms with Crippen LogP contribution in [0, 0.1) is 11.8 Å². The molecule has 0 aromatic carbocycles. The van der Waals surface area contributed by atoms with Crippen molar-refractivity contribution in [1.82, 2.24) is 0 Å². The van der Waals surface area contributed by atoms with Gasteiger partial charge in [0.1, 0.15) is 12.2 Å². The maximum Gasteiger partial charge on any atom is 0.508 e. The summed E-state index contributed by atoms with van der Waals surface area (Å²) in [7, 11) is 0. The molecule has 1 saturated carbocycles. The minimum absolute atomic E-state index is 0.158. The van der Waals surface area contributed by atoms with Gasteiger partial charge in [-0.1, -0.05) is 111 Å². The lowest BCUT2D eigenvalue weighted by atomic mass is 9.95. The molecular weight excluding hydrogens is 468 g/mol. The van der Waals surface area contributed by atoms with E-state index in [1.807, 2.05) is 0 Å². The second kappa shape index (κ2) is 22.5. The molecule has 6 heteroatoms. The zero-order valence-electron chi connectivity index (χ0n) is 24.6. The molecule has 1 aliphatic carbocycles. The number of ether oxygens (including phenoxy) is 4. The van der Waals surface area contributed by atoms with Crippen LogP contribution in [0.4, 0.5) is 9.59 Å². The van der Waals surface area contributed by atoms with Crippen LogP contribution < -0.4 is 0 Å². The predicted octanol–water partition coefficient (Wildman–Crippen LogP) is 9.77. The van der Waals surface area contributed by atoms with Gasteiger partial charge in [-0.15, -0.1) is 0 Å². The Balaban J connectivity index is 1.92. The smallest absolute Gasteiger partial charge is 0.434 e. The molecule has 0 heterocycles. The van der Waals surface area contributed by atoms with Gasteiger partial charge in [0.15, 0.2) is 0 Å². The molecule has 0 N–H and O–H groups in total. The van der Waals surface area contributed by atoms with E-state index in [0.717, 1.165) is 37.5 Å². The molecule has 1 fully saturated rings. The first kappa shape index (κ1) is 33.6. The summed E-state index contributed by atoms with van der Waals surface area (Å²) < 4.78 is 21.3. The van der Waals surface area contributed by atoms with E-state index in [1.165, 1.54) is 70.6 Å². The molecule has 0 spiro atoms. The van der Waals surface area contributed by atoms with E-state index in [9.17, 15) is 9.59 Å². The molecule has 218 valence electrons. The Morgan fingerprint density at radius 1 is 0.514 bits per heavy atom. The molecule has 0 aromatic heterocycles. The Morgan fingerprint density at radius 2 is 0.811 bits per heavy atom. The highest BCUT2D eigenvalue weighted by atomic mass is 16.7. The first-order valence-electron chi connectivity index (χ1n) is 15.5. The summed E-state index contributed by atoms with van der Waals surface area (Å²) in [6.07, 6.45) is 19.4. The summed E-state index contributed by atoms with van der Waals surface area (Å²) in [5.74, 6) is 1.59. The minimum Gasteiger partial charge on any atom is -0.434 e. The lowest BCUT2D eigenvalue weighted by Crippen LogP contribution is -2.30. The molecule has 0 radical (unpaired) electrons. The number of carbonyl (C=O) groups is 2. The summed E-state index contributed by atoms with van der Waals surface area (Å²) in [5, 5.41) is 0. The Labute approximate surface area is 227 Å². The van der Waals surface area contributed by atoms with Crippen molar-refractivity contribution < 1.29 is 28.5 Å². The van der Waals surface area contributed by atoms with Crippen molar-refractivity contribution in [3.05, 3.63) is 0 Å². The highest BCUT2D eigenvalue weighted by molar-refractivity contribution is 5.60. The summed E-state index contributed by atoms with van der Waals surface area (Å²) in [5.41, 5.74) is 0. The highest BCUT2D eigenvalue weighted by Crippen LogP contribution is 2.24. The van der Waals surface area contributed by atoms with Crippen LogP contribution >= 0.6 is 0 Å². The van der Waals surface area contributed by atoms with Crippen LogP contribution in [0.1, 0.15) is 150 Å². The lowest BCUT2D eigenvalue weighted by Gasteiger charge is -2.27. The first-order chi connectivity index (χ1) is 17.9. The van der Waals surface area contributed by atoms with Crippen LogP contribution in [0.2, 0.25) is 0 Å². The second-order valence-electron chi connectivity index (χ2n) is 11.8. The SMILES string of the molecule is CC(C)CCCCCCCCCCOC(=O)OC1CCC(OC(=O)OCCCCCCCC(C)C)CC1. The largest absolute Gasteiger partial charge is 0.508 e. The number of unbranched alkanes of at least 4 members (excludes halogenated alkanes) is 11. The van der Waals surface area contributed by atoms with Crippen molar-refractivity contribution >= 4 is 12.3 Å². The third kappa shape index (κ3) is 21.2. The van der Waals surface area contributed by atoms with E-state index in [0.29, 0.717) is 38.9 Å². The van der Waals surface area contributed by atoms with Gasteiger partial charge in [0.25, 0.3) is 0 Å². The van der Waals surface area contributed by atoms with Gasteiger partial charge in [0, 0.05) is 0 Å². The van der Waals surface area contributed by atoms with E-state index in [1.54, 1.807) is 0 Å². The average molecular weight is 527 g/mol. The Bertz CT molecular complexity index is 554. The normalized spacial score (nSPS) is 17.7. The Hall–Kier alpha value is -1.46. The number of hydrogen-bond acceptors (Lipinski definition) is 6. The zero-order valence-corrected chi connectivity index (χ0v) is 24.6. The van der Waals surface area contributed by atoms with E-state index < -0.39 is 12.3 Å². The van der Waals surface area contributed by atoms with Crippen molar-refractivity contribution in [3.63, 3.8) is 0 Å². The van der Waals surface area contributed by atoms with Crippen molar-refractivity contribution in [2.75, 3.05) is 13.2 Å². The van der Waals surface area contributed by atoms with Gasteiger partial charge < -0.3 is 18.9 Å². The maximum atomic E-state index is 12.0. The van der Waals surface area contributed by atoms with Gasteiger partial charge in [-0.3, -0.25) is 0 Å². The van der Waals surface area contributed by atoms with Gasteiger partial charge in [0.05, 0.1) is 13.2 Å². The summed E-state index contributed by atoms with van der Waals surface area (Å²) >= 11 is 0. The lowest BCUT2D eigenvalue weighted by molar-refractivity contribution is -0.0271. The Kier molecular flexibility index (Phi) is 20.4. The predicted molar refractivity (Wildman–Crippen MR) is 150 cm³/mol. The molecular formula is C31H58O6. The standard InChI is InChI=1S/C31H58O6/c1-26(2)18-14-10-7-5-6-8-12-16-24-34-30(32)36-28-20-22-29(23-21-28)37-31(33)35-25-17-13-9-11-15-19-27(3)4/h26-29H,5-25H2,1-4H3. The van der Waals surface area contributed by atoms with Crippen LogP contribution in [-0.2, 0) is 18.9 Å².